The minimum absolute atomic E-state index is 0. The van der Waals surface area contributed by atoms with Crippen molar-refractivity contribution in [3.63, 3.8) is 0 Å². The minimum Gasteiger partial charge on any atom is -0.507 e. The molecule has 0 saturated heterocycles. The van der Waals surface area contributed by atoms with Crippen LogP contribution in [0.25, 0.3) is 6.08 Å². The first-order valence-electron chi connectivity index (χ1n) is 9.51. The Morgan fingerprint density at radius 2 is 1.71 bits per heavy atom. The van der Waals surface area contributed by atoms with Crippen LogP contribution in [0, 0.1) is 0 Å². The molecule has 0 amide bonds. The van der Waals surface area contributed by atoms with Crippen LogP contribution in [0.15, 0.2) is 29.6 Å². The van der Waals surface area contributed by atoms with Crippen LogP contribution >= 0.6 is 11.8 Å². The SMILES string of the molecule is CC(C)(C)c1cc(SCCN2C=Cc3[nH]cnc3C2)cc(C(C)(C)C)c1O.O. The molecule has 0 spiro atoms. The number of imidazole rings is 1. The fraction of sp³-hybridized carbons (Fsp3) is 0.500. The molecule has 0 unspecified atom stereocenters. The van der Waals surface area contributed by atoms with Crippen molar-refractivity contribution >= 4 is 17.8 Å². The number of nitrogens with one attached hydrogen (secondary N) is 1. The van der Waals surface area contributed by atoms with E-state index in [9.17, 15) is 5.11 Å². The molecule has 0 saturated carbocycles. The molecule has 0 aliphatic carbocycles. The van der Waals surface area contributed by atoms with Crippen molar-refractivity contribution in [3.8, 4) is 5.75 Å². The summed E-state index contributed by atoms with van der Waals surface area (Å²) >= 11 is 1.85. The topological polar surface area (TPSA) is 83.7 Å². The molecule has 5 nitrogen and oxygen atoms in total. The highest BCUT2D eigenvalue weighted by Gasteiger charge is 2.26. The number of phenolic OH excluding ortho intramolecular Hbond substituents is 1. The van der Waals surface area contributed by atoms with Crippen molar-refractivity contribution < 1.29 is 10.6 Å². The van der Waals surface area contributed by atoms with E-state index < -0.39 is 0 Å². The Balaban J connectivity index is 0.00000280. The first-order valence-corrected chi connectivity index (χ1v) is 10.5. The number of rotatable bonds is 4. The zero-order valence-electron chi connectivity index (χ0n) is 17.8. The maximum Gasteiger partial charge on any atom is 0.123 e. The zero-order chi connectivity index (χ0) is 19.8. The Morgan fingerprint density at radius 3 is 2.29 bits per heavy atom. The van der Waals surface area contributed by atoms with Crippen molar-refractivity contribution in [1.29, 1.82) is 0 Å². The van der Waals surface area contributed by atoms with Gasteiger partial charge >= 0.3 is 0 Å². The molecular formula is C22H33N3O2S. The summed E-state index contributed by atoms with van der Waals surface area (Å²) in [6.07, 6.45) is 5.98. The molecule has 1 aromatic heterocycles. The van der Waals surface area contributed by atoms with Gasteiger partial charge in [0.25, 0.3) is 0 Å². The molecule has 6 heteroatoms. The van der Waals surface area contributed by atoms with Crippen LogP contribution in [0.4, 0.5) is 0 Å². The Morgan fingerprint density at radius 1 is 1.11 bits per heavy atom. The first-order chi connectivity index (χ1) is 12.6. The lowest BCUT2D eigenvalue weighted by molar-refractivity contribution is 0.385. The number of aromatic hydroxyl groups is 1. The first kappa shape index (κ1) is 22.4. The number of fused-ring (bicyclic) bond motifs is 1. The lowest BCUT2D eigenvalue weighted by atomic mass is 9.79. The predicted octanol–water partition coefficient (Wildman–Crippen LogP) is 4.46. The van der Waals surface area contributed by atoms with E-state index in [1.165, 1.54) is 4.90 Å². The van der Waals surface area contributed by atoms with Crippen LogP contribution in [-0.2, 0) is 17.4 Å². The molecule has 4 N–H and O–H groups in total. The predicted molar refractivity (Wildman–Crippen MR) is 118 cm³/mol. The smallest absolute Gasteiger partial charge is 0.123 e. The number of aromatic amines is 1. The zero-order valence-corrected chi connectivity index (χ0v) is 18.6. The van der Waals surface area contributed by atoms with E-state index in [1.54, 1.807) is 6.33 Å². The maximum atomic E-state index is 10.8. The van der Waals surface area contributed by atoms with Gasteiger partial charge in [0.05, 0.1) is 24.3 Å². The number of phenols is 1. The summed E-state index contributed by atoms with van der Waals surface area (Å²) < 4.78 is 0. The van der Waals surface area contributed by atoms with Crippen LogP contribution in [0.2, 0.25) is 0 Å². The fourth-order valence-corrected chi connectivity index (χ4v) is 4.26. The maximum absolute atomic E-state index is 10.8. The molecule has 2 aromatic rings. The molecule has 1 aliphatic rings. The average molecular weight is 404 g/mol. The number of H-pyrrole nitrogens is 1. The quantitative estimate of drug-likeness (QED) is 0.738. The van der Waals surface area contributed by atoms with Gasteiger partial charge in [-0.1, -0.05) is 41.5 Å². The van der Waals surface area contributed by atoms with Gasteiger partial charge in [-0.05, 0) is 29.0 Å². The molecule has 0 fully saturated rings. The van der Waals surface area contributed by atoms with Crippen LogP contribution in [-0.4, -0.2) is 37.7 Å². The number of aromatic nitrogens is 2. The molecule has 28 heavy (non-hydrogen) atoms. The number of thioether (sulfide) groups is 1. The van der Waals surface area contributed by atoms with Crippen LogP contribution in [0.3, 0.4) is 0 Å². The van der Waals surface area contributed by atoms with Gasteiger partial charge in [0.1, 0.15) is 5.75 Å². The van der Waals surface area contributed by atoms with E-state index in [0.717, 1.165) is 41.4 Å². The molecule has 2 heterocycles. The van der Waals surface area contributed by atoms with Gasteiger partial charge < -0.3 is 20.5 Å². The van der Waals surface area contributed by atoms with Gasteiger partial charge in [-0.15, -0.1) is 11.8 Å². The second-order valence-corrected chi connectivity index (χ2v) is 10.4. The van der Waals surface area contributed by atoms with Gasteiger partial charge in [0, 0.05) is 34.5 Å². The van der Waals surface area contributed by atoms with Crippen LogP contribution < -0.4 is 0 Å². The van der Waals surface area contributed by atoms with Gasteiger partial charge in [-0.25, -0.2) is 4.98 Å². The number of hydrogen-bond donors (Lipinski definition) is 2. The second kappa shape index (κ2) is 8.21. The highest BCUT2D eigenvalue weighted by molar-refractivity contribution is 7.99. The van der Waals surface area contributed by atoms with Gasteiger partial charge in [0.2, 0.25) is 0 Å². The van der Waals surface area contributed by atoms with Gasteiger partial charge in [-0.3, -0.25) is 0 Å². The third kappa shape index (κ3) is 4.92. The molecule has 1 aromatic carbocycles. The molecule has 0 bridgehead atoms. The minimum atomic E-state index is -0.0907. The highest BCUT2D eigenvalue weighted by atomic mass is 32.2. The van der Waals surface area contributed by atoms with Crippen molar-refractivity contribution in [2.75, 3.05) is 12.3 Å². The van der Waals surface area contributed by atoms with Crippen molar-refractivity contribution in [1.82, 2.24) is 14.9 Å². The third-order valence-corrected chi connectivity index (χ3v) is 5.86. The molecule has 1 aliphatic heterocycles. The van der Waals surface area contributed by atoms with Crippen molar-refractivity contribution in [2.45, 2.75) is 63.8 Å². The average Bonchev–Trinajstić information content (AvgIpc) is 3.01. The summed E-state index contributed by atoms with van der Waals surface area (Å²) in [5.74, 6) is 1.44. The number of nitrogens with zero attached hydrogens (tertiary/aromatic N) is 2. The van der Waals surface area contributed by atoms with Gasteiger partial charge in [0.15, 0.2) is 0 Å². The van der Waals surface area contributed by atoms with Gasteiger partial charge in [-0.2, -0.15) is 0 Å². The highest BCUT2D eigenvalue weighted by Crippen LogP contribution is 2.41. The normalized spacial score (nSPS) is 14.0. The largest absolute Gasteiger partial charge is 0.507 e. The summed E-state index contributed by atoms with van der Waals surface area (Å²) in [5.41, 5.74) is 4.09. The second-order valence-electron chi connectivity index (χ2n) is 9.26. The molecule has 3 rings (SSSR count). The Bertz CT molecular complexity index is 809. The van der Waals surface area contributed by atoms with E-state index in [1.807, 2.05) is 11.8 Å². The molecule has 0 atom stereocenters. The summed E-state index contributed by atoms with van der Waals surface area (Å²) in [6.45, 7) is 14.7. The van der Waals surface area contributed by atoms with Crippen molar-refractivity contribution in [2.24, 2.45) is 0 Å². The Hall–Kier alpha value is -1.92. The standard InChI is InChI=1S/C22H31N3OS.H2O/c1-21(2,3)16-11-15(12-17(20(16)26)22(4,5)6)27-10-9-25-8-7-18-19(13-25)24-14-23-18;/h7-8,11-12,14,26H,9-10,13H2,1-6H3,(H,23,24);1H2. The monoisotopic (exact) mass is 403 g/mol. The summed E-state index contributed by atoms with van der Waals surface area (Å²) in [6, 6.07) is 4.32. The lowest BCUT2D eigenvalue weighted by Gasteiger charge is -2.28. The van der Waals surface area contributed by atoms with E-state index in [2.05, 4.69) is 80.8 Å². The summed E-state index contributed by atoms with van der Waals surface area (Å²) in [4.78, 5) is 11.1. The van der Waals surface area contributed by atoms with E-state index in [-0.39, 0.29) is 16.3 Å². The number of hydrogen-bond acceptors (Lipinski definition) is 4. The van der Waals surface area contributed by atoms with Crippen molar-refractivity contribution in [3.05, 3.63) is 47.2 Å². The van der Waals surface area contributed by atoms with Crippen LogP contribution in [0.5, 0.6) is 5.75 Å². The third-order valence-electron chi connectivity index (χ3n) is 4.90. The fourth-order valence-electron chi connectivity index (χ4n) is 3.30. The Kier molecular flexibility index (Phi) is 6.56. The van der Waals surface area contributed by atoms with E-state index >= 15 is 0 Å². The number of benzene rings is 1. The van der Waals surface area contributed by atoms with E-state index in [4.69, 9.17) is 0 Å². The lowest BCUT2D eigenvalue weighted by Crippen LogP contribution is -2.22. The van der Waals surface area contributed by atoms with E-state index in [0.29, 0.717) is 5.75 Å². The Labute approximate surface area is 172 Å². The summed E-state index contributed by atoms with van der Waals surface area (Å²) in [7, 11) is 0. The van der Waals surface area contributed by atoms with Crippen LogP contribution in [0.1, 0.15) is 64.1 Å². The molecule has 0 radical (unpaired) electrons. The summed E-state index contributed by atoms with van der Waals surface area (Å²) in [5, 5.41) is 10.8. The molecule has 154 valence electrons. The molecular weight excluding hydrogens is 370 g/mol.